The molecule has 0 aromatic carbocycles. The molecule has 3 N–H and O–H groups in total. The van der Waals surface area contributed by atoms with Gasteiger partial charge in [0.25, 0.3) is 5.91 Å². The van der Waals surface area contributed by atoms with E-state index in [-0.39, 0.29) is 11.8 Å². The van der Waals surface area contributed by atoms with Crippen molar-refractivity contribution in [3.8, 4) is 0 Å². The molecular formula is C14H24N4O2. The van der Waals surface area contributed by atoms with Crippen molar-refractivity contribution in [2.24, 2.45) is 5.92 Å². The summed E-state index contributed by atoms with van der Waals surface area (Å²) < 4.78 is 5.53. The molecule has 1 aliphatic rings. The lowest BCUT2D eigenvalue weighted by Crippen LogP contribution is -2.31. The summed E-state index contributed by atoms with van der Waals surface area (Å²) in [5.74, 6) is 0.795. The number of aromatic amines is 1. The van der Waals surface area contributed by atoms with E-state index in [2.05, 4.69) is 10.2 Å². The number of nitrogens with zero attached hydrogens (tertiary/aromatic N) is 2. The van der Waals surface area contributed by atoms with Crippen LogP contribution in [0, 0.1) is 5.92 Å². The second-order valence-corrected chi connectivity index (χ2v) is 5.80. The van der Waals surface area contributed by atoms with Gasteiger partial charge in [0.1, 0.15) is 0 Å². The van der Waals surface area contributed by atoms with Gasteiger partial charge in [0.2, 0.25) is 0 Å². The normalized spacial score (nSPS) is 14.8. The number of carbonyl (C=O) groups excluding carboxylic acids is 1. The molecule has 1 aliphatic carbocycles. The van der Waals surface area contributed by atoms with Crippen molar-refractivity contribution in [1.82, 2.24) is 15.1 Å². The highest BCUT2D eigenvalue weighted by molar-refractivity contribution is 5.97. The number of nitrogen functional groups attached to an aromatic ring is 1. The zero-order valence-corrected chi connectivity index (χ0v) is 12.5. The van der Waals surface area contributed by atoms with Crippen molar-refractivity contribution < 1.29 is 9.53 Å². The highest BCUT2D eigenvalue weighted by Crippen LogP contribution is 2.28. The third-order valence-electron chi connectivity index (χ3n) is 3.58. The highest BCUT2D eigenvalue weighted by atomic mass is 16.5. The number of rotatable bonds is 7. The van der Waals surface area contributed by atoms with Crippen LogP contribution in [0.1, 0.15) is 48.8 Å². The Morgan fingerprint density at radius 1 is 1.55 bits per heavy atom. The Morgan fingerprint density at radius 2 is 2.25 bits per heavy atom. The molecule has 0 bridgehead atoms. The molecule has 112 valence electrons. The molecule has 1 heterocycles. The molecular weight excluding hydrogens is 256 g/mol. The largest absolute Gasteiger partial charge is 0.395 e. The van der Waals surface area contributed by atoms with Crippen LogP contribution >= 0.6 is 0 Å². The molecule has 0 saturated heterocycles. The summed E-state index contributed by atoms with van der Waals surface area (Å²) in [6, 6.07) is 0. The molecule has 1 aromatic heterocycles. The van der Waals surface area contributed by atoms with Crippen LogP contribution in [0.4, 0.5) is 5.69 Å². The standard InChI is InChI=1S/C14H24N4O2/c1-9(2)12-11(15)13(17-16-12)14(19)18(3)6-7-20-8-10-4-5-10/h9-10H,4-8,15H2,1-3H3,(H,16,17). The molecule has 6 nitrogen and oxygen atoms in total. The number of anilines is 1. The summed E-state index contributed by atoms with van der Waals surface area (Å²) >= 11 is 0. The Bertz CT molecular complexity index is 466. The van der Waals surface area contributed by atoms with E-state index in [0.717, 1.165) is 18.2 Å². The van der Waals surface area contributed by atoms with E-state index in [4.69, 9.17) is 10.5 Å². The summed E-state index contributed by atoms with van der Waals surface area (Å²) in [6.07, 6.45) is 2.55. The van der Waals surface area contributed by atoms with Gasteiger partial charge in [0, 0.05) is 20.2 Å². The minimum Gasteiger partial charge on any atom is -0.395 e. The first kappa shape index (κ1) is 14.8. The molecule has 0 spiro atoms. The third-order valence-corrected chi connectivity index (χ3v) is 3.58. The van der Waals surface area contributed by atoms with Gasteiger partial charge in [-0.25, -0.2) is 0 Å². The summed E-state index contributed by atoms with van der Waals surface area (Å²) in [5.41, 5.74) is 7.54. The lowest BCUT2D eigenvalue weighted by atomic mass is 10.1. The lowest BCUT2D eigenvalue weighted by Gasteiger charge is -2.16. The fourth-order valence-corrected chi connectivity index (χ4v) is 1.99. The first-order valence-electron chi connectivity index (χ1n) is 7.17. The van der Waals surface area contributed by atoms with Gasteiger partial charge in [-0.05, 0) is 24.7 Å². The first-order chi connectivity index (χ1) is 9.50. The van der Waals surface area contributed by atoms with E-state index in [1.165, 1.54) is 12.8 Å². The van der Waals surface area contributed by atoms with Crippen molar-refractivity contribution >= 4 is 11.6 Å². The SMILES string of the molecule is CC(C)c1[nH]nc(C(=O)N(C)CCOCC2CC2)c1N. The smallest absolute Gasteiger partial charge is 0.276 e. The van der Waals surface area contributed by atoms with Crippen LogP contribution < -0.4 is 5.73 Å². The van der Waals surface area contributed by atoms with Crippen molar-refractivity contribution in [1.29, 1.82) is 0 Å². The summed E-state index contributed by atoms with van der Waals surface area (Å²) in [6.45, 7) is 5.93. The van der Waals surface area contributed by atoms with E-state index in [1.807, 2.05) is 13.8 Å². The number of amides is 1. The minimum absolute atomic E-state index is 0.166. The Kier molecular flexibility index (Phi) is 4.65. The van der Waals surface area contributed by atoms with Gasteiger partial charge in [-0.15, -0.1) is 0 Å². The number of hydrogen-bond acceptors (Lipinski definition) is 4. The summed E-state index contributed by atoms with van der Waals surface area (Å²) in [5, 5.41) is 6.89. The fourth-order valence-electron chi connectivity index (χ4n) is 1.99. The van der Waals surface area contributed by atoms with E-state index < -0.39 is 0 Å². The molecule has 6 heteroatoms. The van der Waals surface area contributed by atoms with Crippen molar-refractivity contribution in [2.45, 2.75) is 32.6 Å². The maximum absolute atomic E-state index is 12.2. The average Bonchev–Trinajstić information content (AvgIpc) is 3.15. The second-order valence-electron chi connectivity index (χ2n) is 5.80. The Balaban J connectivity index is 1.85. The van der Waals surface area contributed by atoms with Crippen molar-refractivity contribution in [2.75, 3.05) is 32.5 Å². The molecule has 1 saturated carbocycles. The molecule has 0 aliphatic heterocycles. The molecule has 0 atom stereocenters. The number of aromatic nitrogens is 2. The molecule has 2 rings (SSSR count). The van der Waals surface area contributed by atoms with Gasteiger partial charge in [-0.1, -0.05) is 13.8 Å². The fraction of sp³-hybridized carbons (Fsp3) is 0.714. The van der Waals surface area contributed by atoms with Gasteiger partial charge < -0.3 is 15.4 Å². The van der Waals surface area contributed by atoms with E-state index >= 15 is 0 Å². The van der Waals surface area contributed by atoms with Crippen molar-refractivity contribution in [3.63, 3.8) is 0 Å². The molecule has 1 fully saturated rings. The van der Waals surface area contributed by atoms with E-state index in [9.17, 15) is 4.79 Å². The van der Waals surface area contributed by atoms with Crippen LogP contribution in [-0.2, 0) is 4.74 Å². The van der Waals surface area contributed by atoms with Crippen LogP contribution in [0.3, 0.4) is 0 Å². The van der Waals surface area contributed by atoms with Crippen molar-refractivity contribution in [3.05, 3.63) is 11.4 Å². The minimum atomic E-state index is -0.166. The topological polar surface area (TPSA) is 84.2 Å². The van der Waals surface area contributed by atoms with E-state index in [1.54, 1.807) is 11.9 Å². The number of H-pyrrole nitrogens is 1. The monoisotopic (exact) mass is 280 g/mol. The van der Waals surface area contributed by atoms with Gasteiger partial charge in [-0.2, -0.15) is 5.10 Å². The predicted molar refractivity (Wildman–Crippen MR) is 77.6 cm³/mol. The van der Waals surface area contributed by atoms with Crippen LogP contribution in [-0.4, -0.2) is 47.8 Å². The molecule has 20 heavy (non-hydrogen) atoms. The predicted octanol–water partition coefficient (Wildman–Crippen LogP) is 1.61. The average molecular weight is 280 g/mol. The lowest BCUT2D eigenvalue weighted by molar-refractivity contribution is 0.0677. The highest BCUT2D eigenvalue weighted by Gasteiger charge is 2.23. The van der Waals surface area contributed by atoms with E-state index in [0.29, 0.717) is 24.5 Å². The number of nitrogens with one attached hydrogen (secondary N) is 1. The van der Waals surface area contributed by atoms with Crippen LogP contribution in [0.5, 0.6) is 0 Å². The summed E-state index contributed by atoms with van der Waals surface area (Å²) in [4.78, 5) is 13.9. The number of nitrogens with two attached hydrogens (primary N) is 1. The Labute approximate surface area is 119 Å². The molecule has 0 radical (unpaired) electrons. The van der Waals surface area contributed by atoms with Gasteiger partial charge in [0.05, 0.1) is 18.0 Å². The summed E-state index contributed by atoms with van der Waals surface area (Å²) in [7, 11) is 1.74. The van der Waals surface area contributed by atoms with Gasteiger partial charge >= 0.3 is 0 Å². The Morgan fingerprint density at radius 3 is 2.80 bits per heavy atom. The molecule has 1 aromatic rings. The zero-order valence-electron chi connectivity index (χ0n) is 12.5. The van der Waals surface area contributed by atoms with Crippen LogP contribution in [0.25, 0.3) is 0 Å². The van der Waals surface area contributed by atoms with Crippen LogP contribution in [0.2, 0.25) is 0 Å². The number of carbonyl (C=O) groups is 1. The molecule has 0 unspecified atom stereocenters. The van der Waals surface area contributed by atoms with Crippen LogP contribution in [0.15, 0.2) is 0 Å². The maximum Gasteiger partial charge on any atom is 0.276 e. The molecule has 1 amide bonds. The third kappa shape index (κ3) is 3.50. The second kappa shape index (κ2) is 6.26. The maximum atomic E-state index is 12.2. The number of ether oxygens (including phenoxy) is 1. The first-order valence-corrected chi connectivity index (χ1v) is 7.17. The Hall–Kier alpha value is -1.56. The van der Waals surface area contributed by atoms with Gasteiger partial charge in [0.15, 0.2) is 5.69 Å². The zero-order chi connectivity index (χ0) is 14.7. The quantitative estimate of drug-likeness (QED) is 0.743. The number of likely N-dealkylation sites (N-methyl/N-ethyl adjacent to an activating group) is 1. The number of hydrogen-bond donors (Lipinski definition) is 2. The van der Waals surface area contributed by atoms with Gasteiger partial charge in [-0.3, -0.25) is 9.89 Å².